The first-order chi connectivity index (χ1) is 7.93. The van der Waals surface area contributed by atoms with Gasteiger partial charge in [0.1, 0.15) is 0 Å². The van der Waals surface area contributed by atoms with Gasteiger partial charge in [-0.3, -0.25) is 4.90 Å². The molecular formula is C13H29N3O. The number of β-amino-alcohol motifs (C(OH)–C–C–N with tert-alkyl or cyclic N) is 1. The second-order valence-corrected chi connectivity index (χ2v) is 6.00. The predicted molar refractivity (Wildman–Crippen MR) is 71.9 cm³/mol. The largest absolute Gasteiger partial charge is 0.392 e. The first kappa shape index (κ1) is 14.9. The highest BCUT2D eigenvalue weighted by Crippen LogP contribution is 2.22. The number of rotatable bonds is 6. The predicted octanol–water partition coefficient (Wildman–Crippen LogP) is 0.214. The molecule has 0 amide bonds. The lowest BCUT2D eigenvalue weighted by Crippen LogP contribution is -2.42. The van der Waals surface area contributed by atoms with Crippen molar-refractivity contribution in [2.75, 3.05) is 40.3 Å². The fourth-order valence-electron chi connectivity index (χ4n) is 2.65. The molecule has 1 saturated heterocycles. The summed E-state index contributed by atoms with van der Waals surface area (Å²) in [5, 5.41) is 9.82. The maximum absolute atomic E-state index is 9.82. The molecule has 4 nitrogen and oxygen atoms in total. The molecule has 0 aliphatic carbocycles. The molecule has 0 aromatic rings. The van der Waals surface area contributed by atoms with Gasteiger partial charge in [0.2, 0.25) is 0 Å². The van der Waals surface area contributed by atoms with E-state index in [9.17, 15) is 5.11 Å². The first-order valence-electron chi connectivity index (χ1n) is 6.71. The van der Waals surface area contributed by atoms with Gasteiger partial charge >= 0.3 is 0 Å². The van der Waals surface area contributed by atoms with E-state index in [2.05, 4.69) is 37.7 Å². The van der Waals surface area contributed by atoms with Crippen LogP contribution in [0.4, 0.5) is 0 Å². The van der Waals surface area contributed by atoms with Crippen LogP contribution < -0.4 is 5.73 Å². The molecule has 0 bridgehead atoms. The molecule has 1 heterocycles. The number of likely N-dealkylation sites (N-methyl/N-ethyl adjacent to an activating group) is 1. The Bertz CT molecular complexity index is 221. The smallest absolute Gasteiger partial charge is 0.0682 e. The highest BCUT2D eigenvalue weighted by molar-refractivity contribution is 4.88. The average Bonchev–Trinajstić information content (AvgIpc) is 2.53. The topological polar surface area (TPSA) is 52.7 Å². The summed E-state index contributed by atoms with van der Waals surface area (Å²) in [7, 11) is 4.18. The van der Waals surface area contributed by atoms with Crippen LogP contribution in [0.2, 0.25) is 0 Å². The van der Waals surface area contributed by atoms with E-state index in [0.717, 1.165) is 32.6 Å². The molecule has 0 radical (unpaired) electrons. The van der Waals surface area contributed by atoms with Gasteiger partial charge in [0, 0.05) is 25.7 Å². The van der Waals surface area contributed by atoms with Crippen molar-refractivity contribution >= 4 is 0 Å². The van der Waals surface area contributed by atoms with Crippen molar-refractivity contribution in [1.82, 2.24) is 9.80 Å². The summed E-state index contributed by atoms with van der Waals surface area (Å²) in [6, 6.07) is 0.479. The van der Waals surface area contributed by atoms with E-state index in [4.69, 9.17) is 5.73 Å². The summed E-state index contributed by atoms with van der Waals surface area (Å²) in [4.78, 5) is 4.62. The molecule has 1 rings (SSSR count). The lowest BCUT2D eigenvalue weighted by Gasteiger charge is -2.31. The van der Waals surface area contributed by atoms with Crippen LogP contribution in [0.5, 0.6) is 0 Å². The van der Waals surface area contributed by atoms with Gasteiger partial charge < -0.3 is 15.7 Å². The van der Waals surface area contributed by atoms with E-state index in [0.29, 0.717) is 17.9 Å². The van der Waals surface area contributed by atoms with Crippen molar-refractivity contribution in [2.24, 2.45) is 17.6 Å². The Hall–Kier alpha value is -0.160. The van der Waals surface area contributed by atoms with Crippen molar-refractivity contribution in [3.63, 3.8) is 0 Å². The van der Waals surface area contributed by atoms with E-state index in [1.54, 1.807) is 0 Å². The third-order valence-electron chi connectivity index (χ3n) is 3.80. The Morgan fingerprint density at radius 3 is 2.53 bits per heavy atom. The molecule has 17 heavy (non-hydrogen) atoms. The van der Waals surface area contributed by atoms with Crippen LogP contribution in [-0.4, -0.2) is 67.3 Å². The maximum Gasteiger partial charge on any atom is 0.0682 e. The quantitative estimate of drug-likeness (QED) is 0.700. The monoisotopic (exact) mass is 243 g/mol. The van der Waals surface area contributed by atoms with Crippen molar-refractivity contribution in [3.8, 4) is 0 Å². The highest BCUT2D eigenvalue weighted by atomic mass is 16.3. The fourth-order valence-corrected chi connectivity index (χ4v) is 2.65. The lowest BCUT2D eigenvalue weighted by molar-refractivity contribution is 0.149. The molecule has 0 spiro atoms. The number of aliphatic hydroxyl groups is 1. The van der Waals surface area contributed by atoms with Gasteiger partial charge in [0.25, 0.3) is 0 Å². The molecule has 3 N–H and O–H groups in total. The number of hydrogen-bond donors (Lipinski definition) is 2. The van der Waals surface area contributed by atoms with Crippen molar-refractivity contribution in [2.45, 2.75) is 32.4 Å². The zero-order chi connectivity index (χ0) is 13.0. The van der Waals surface area contributed by atoms with Gasteiger partial charge in [0.15, 0.2) is 0 Å². The second kappa shape index (κ2) is 6.69. The molecule has 0 aromatic carbocycles. The number of aliphatic hydroxyl groups excluding tert-OH is 1. The number of nitrogens with two attached hydrogens (primary N) is 1. The van der Waals surface area contributed by atoms with Crippen LogP contribution in [-0.2, 0) is 0 Å². The minimum absolute atomic E-state index is 0.162. The molecule has 1 fully saturated rings. The van der Waals surface area contributed by atoms with Crippen LogP contribution >= 0.6 is 0 Å². The van der Waals surface area contributed by atoms with E-state index in [1.165, 1.54) is 0 Å². The third-order valence-corrected chi connectivity index (χ3v) is 3.80. The molecule has 102 valence electrons. The SMILES string of the molecule is CC(C)C(CN)CN1CC(O)CC1CN(C)C. The Labute approximate surface area is 106 Å². The Morgan fingerprint density at radius 1 is 1.41 bits per heavy atom. The normalized spacial score (nSPS) is 28.2. The van der Waals surface area contributed by atoms with E-state index in [-0.39, 0.29) is 6.10 Å². The van der Waals surface area contributed by atoms with Gasteiger partial charge in [-0.05, 0) is 38.9 Å². The molecule has 4 heteroatoms. The minimum atomic E-state index is -0.162. The van der Waals surface area contributed by atoms with Gasteiger partial charge in [-0.1, -0.05) is 13.8 Å². The fraction of sp³-hybridized carbons (Fsp3) is 1.00. The molecule has 0 aromatic heterocycles. The van der Waals surface area contributed by atoms with Crippen LogP contribution in [0.15, 0.2) is 0 Å². The van der Waals surface area contributed by atoms with Crippen molar-refractivity contribution < 1.29 is 5.11 Å². The molecule has 0 saturated carbocycles. The van der Waals surface area contributed by atoms with Gasteiger partial charge in [-0.2, -0.15) is 0 Å². The summed E-state index contributed by atoms with van der Waals surface area (Å²) in [5.74, 6) is 1.14. The summed E-state index contributed by atoms with van der Waals surface area (Å²) in [6.07, 6.45) is 0.735. The van der Waals surface area contributed by atoms with E-state index in [1.807, 2.05) is 0 Å². The highest BCUT2D eigenvalue weighted by Gasteiger charge is 2.32. The lowest BCUT2D eigenvalue weighted by atomic mass is 9.95. The molecular weight excluding hydrogens is 214 g/mol. The van der Waals surface area contributed by atoms with Crippen LogP contribution in [0.1, 0.15) is 20.3 Å². The number of nitrogens with zero attached hydrogens (tertiary/aromatic N) is 2. The van der Waals surface area contributed by atoms with E-state index < -0.39 is 0 Å². The van der Waals surface area contributed by atoms with Crippen molar-refractivity contribution in [1.29, 1.82) is 0 Å². The van der Waals surface area contributed by atoms with Crippen molar-refractivity contribution in [3.05, 3.63) is 0 Å². The Kier molecular flexibility index (Phi) is 5.86. The average molecular weight is 243 g/mol. The third kappa shape index (κ3) is 4.54. The molecule has 1 aliphatic rings. The van der Waals surface area contributed by atoms with Gasteiger partial charge in [-0.25, -0.2) is 0 Å². The Morgan fingerprint density at radius 2 is 2.06 bits per heavy atom. The summed E-state index contributed by atoms with van der Waals surface area (Å²) >= 11 is 0. The summed E-state index contributed by atoms with van der Waals surface area (Å²) in [6.45, 7) is 8.03. The molecule has 3 atom stereocenters. The summed E-state index contributed by atoms with van der Waals surface area (Å²) in [5.41, 5.74) is 5.83. The standard InChI is InChI=1S/C13H29N3O/c1-10(2)11(6-14)7-16-9-13(17)5-12(16)8-15(3)4/h10-13,17H,5-9,14H2,1-4H3. The number of likely N-dealkylation sites (tertiary alicyclic amines) is 1. The zero-order valence-electron chi connectivity index (χ0n) is 11.8. The number of hydrogen-bond acceptors (Lipinski definition) is 4. The Balaban J connectivity index is 2.54. The molecule has 3 unspecified atom stereocenters. The van der Waals surface area contributed by atoms with Gasteiger partial charge in [0.05, 0.1) is 6.10 Å². The van der Waals surface area contributed by atoms with E-state index >= 15 is 0 Å². The van der Waals surface area contributed by atoms with Crippen LogP contribution in [0.3, 0.4) is 0 Å². The zero-order valence-corrected chi connectivity index (χ0v) is 11.8. The minimum Gasteiger partial charge on any atom is -0.392 e. The van der Waals surface area contributed by atoms with Crippen LogP contribution in [0, 0.1) is 11.8 Å². The molecule has 1 aliphatic heterocycles. The maximum atomic E-state index is 9.82. The van der Waals surface area contributed by atoms with Gasteiger partial charge in [-0.15, -0.1) is 0 Å². The first-order valence-corrected chi connectivity index (χ1v) is 6.71. The van der Waals surface area contributed by atoms with Crippen LogP contribution in [0.25, 0.3) is 0 Å². The summed E-state index contributed by atoms with van der Waals surface area (Å²) < 4.78 is 0. The second-order valence-electron chi connectivity index (χ2n) is 6.00.